The predicted octanol–water partition coefficient (Wildman–Crippen LogP) is 4.39. The number of nitrogens with zero attached hydrogens (tertiary/aromatic N) is 5. The lowest BCUT2D eigenvalue weighted by Crippen LogP contribution is -2.44. The third kappa shape index (κ3) is 4.88. The average molecular weight is 542 g/mol. The molecule has 3 aromatic rings. The fourth-order valence-electron chi connectivity index (χ4n) is 5.28. The Kier molecular flexibility index (Phi) is 6.58. The van der Waals surface area contributed by atoms with E-state index in [9.17, 15) is 21.6 Å². The molecule has 2 aliphatic rings. The number of aryl methyl sites for hydroxylation is 2. The summed E-state index contributed by atoms with van der Waals surface area (Å²) in [6.07, 6.45) is -2.39. The molecule has 0 unspecified atom stereocenters. The summed E-state index contributed by atoms with van der Waals surface area (Å²) in [5.41, 5.74) is 2.27. The van der Waals surface area contributed by atoms with E-state index in [0.29, 0.717) is 23.8 Å². The van der Waals surface area contributed by atoms with Gasteiger partial charge in [-0.1, -0.05) is 6.07 Å². The van der Waals surface area contributed by atoms with Gasteiger partial charge in [0.05, 0.1) is 34.8 Å². The number of sulfone groups is 1. The first-order valence-corrected chi connectivity index (χ1v) is 14.0. The maximum Gasteiger partial charge on any atom is 0.391 e. The molecule has 0 N–H and O–H groups in total. The maximum atomic E-state index is 13.7. The summed E-state index contributed by atoms with van der Waals surface area (Å²) in [4.78, 5) is 6.18. The Balaban J connectivity index is 1.47. The molecule has 36 heavy (non-hydrogen) atoms. The second-order valence-electron chi connectivity index (χ2n) is 9.30. The molecular weight excluding hydrogens is 515 g/mol. The van der Waals surface area contributed by atoms with Crippen LogP contribution in [-0.2, 0) is 22.6 Å². The van der Waals surface area contributed by atoms with Crippen LogP contribution in [0.25, 0.3) is 0 Å². The summed E-state index contributed by atoms with van der Waals surface area (Å²) < 4.78 is 78.4. The minimum absolute atomic E-state index is 0.0117. The van der Waals surface area contributed by atoms with Crippen molar-refractivity contribution in [2.45, 2.75) is 55.1 Å². The molecule has 0 aliphatic carbocycles. The molecule has 1 fully saturated rings. The van der Waals surface area contributed by atoms with Crippen LogP contribution in [0.4, 0.5) is 13.2 Å². The van der Waals surface area contributed by atoms with Crippen molar-refractivity contribution >= 4 is 21.4 Å². The number of fused-ring (bicyclic) bond motifs is 1. The third-order valence-electron chi connectivity index (χ3n) is 6.96. The summed E-state index contributed by atoms with van der Waals surface area (Å²) >= 11 is 1.03. The van der Waals surface area contributed by atoms with Crippen LogP contribution in [-0.4, -0.2) is 51.8 Å². The number of alkyl halides is 3. The Labute approximate surface area is 211 Å². The first kappa shape index (κ1) is 25.2. The zero-order valence-corrected chi connectivity index (χ0v) is 21.4. The second-order valence-corrected chi connectivity index (χ2v) is 12.2. The van der Waals surface area contributed by atoms with E-state index in [-0.39, 0.29) is 36.1 Å². The van der Waals surface area contributed by atoms with Gasteiger partial charge in [-0.25, -0.2) is 13.4 Å². The van der Waals surface area contributed by atoms with E-state index >= 15 is 0 Å². The largest absolute Gasteiger partial charge is 0.493 e. The molecule has 1 aromatic carbocycles. The van der Waals surface area contributed by atoms with E-state index in [0.717, 1.165) is 28.5 Å². The smallest absolute Gasteiger partial charge is 0.391 e. The molecule has 2 aromatic heterocycles. The number of ether oxygens (including phenoxy) is 1. The molecule has 0 spiro atoms. The van der Waals surface area contributed by atoms with Gasteiger partial charge in [-0.3, -0.25) is 9.58 Å². The van der Waals surface area contributed by atoms with E-state index in [1.54, 1.807) is 23.9 Å². The normalized spacial score (nSPS) is 23.3. The molecule has 0 saturated carbocycles. The summed E-state index contributed by atoms with van der Waals surface area (Å²) in [6, 6.07) is 5.95. The van der Waals surface area contributed by atoms with Gasteiger partial charge in [0.2, 0.25) is 0 Å². The van der Waals surface area contributed by atoms with Crippen LogP contribution < -0.4 is 4.74 Å². The van der Waals surface area contributed by atoms with Crippen molar-refractivity contribution in [1.29, 1.82) is 0 Å². The van der Waals surface area contributed by atoms with Crippen molar-refractivity contribution in [2.24, 2.45) is 13.0 Å². The van der Waals surface area contributed by atoms with Crippen LogP contribution in [0, 0.1) is 12.8 Å². The number of piperidine rings is 1. The first-order valence-electron chi connectivity index (χ1n) is 11.6. The fraction of sp³-hybridized carbons (Fsp3) is 0.522. The number of hydrogen-bond acceptors (Lipinski definition) is 8. The summed E-state index contributed by atoms with van der Waals surface area (Å²) in [5.74, 6) is -1.20. The predicted molar refractivity (Wildman–Crippen MR) is 126 cm³/mol. The molecule has 0 radical (unpaired) electrons. The average Bonchev–Trinajstić information content (AvgIpc) is 3.45. The molecule has 5 rings (SSSR count). The quantitative estimate of drug-likeness (QED) is 0.473. The highest BCUT2D eigenvalue weighted by molar-refractivity contribution is 7.90. The van der Waals surface area contributed by atoms with Crippen LogP contribution in [0.15, 0.2) is 35.5 Å². The van der Waals surface area contributed by atoms with E-state index < -0.39 is 28.0 Å². The van der Waals surface area contributed by atoms with Gasteiger partial charge in [0.15, 0.2) is 9.84 Å². The van der Waals surface area contributed by atoms with Crippen molar-refractivity contribution in [3.05, 3.63) is 52.6 Å². The van der Waals surface area contributed by atoms with E-state index in [2.05, 4.69) is 19.4 Å². The molecule has 1 saturated heterocycles. The van der Waals surface area contributed by atoms with Gasteiger partial charge in [0, 0.05) is 31.6 Å². The van der Waals surface area contributed by atoms with Crippen LogP contribution in [0.1, 0.15) is 53.3 Å². The number of hydrogen-bond donors (Lipinski definition) is 0. The van der Waals surface area contributed by atoms with Crippen molar-refractivity contribution in [1.82, 2.24) is 24.0 Å². The van der Waals surface area contributed by atoms with Gasteiger partial charge in [-0.15, -0.1) is 0 Å². The number of aromatic nitrogens is 4. The molecule has 194 valence electrons. The molecule has 2 aliphatic heterocycles. The number of benzene rings is 1. The zero-order valence-electron chi connectivity index (χ0n) is 19.8. The summed E-state index contributed by atoms with van der Waals surface area (Å²) in [6.45, 7) is 2.43. The van der Waals surface area contributed by atoms with Crippen molar-refractivity contribution in [2.75, 3.05) is 13.2 Å². The monoisotopic (exact) mass is 541 g/mol. The highest BCUT2D eigenvalue weighted by Crippen LogP contribution is 2.48. The van der Waals surface area contributed by atoms with Crippen molar-refractivity contribution < 1.29 is 26.3 Å². The molecule has 3 atom stereocenters. The molecular formula is C23H26F3N5O3S2. The Morgan fingerprint density at radius 1 is 1.19 bits per heavy atom. The molecule has 13 heteroatoms. The van der Waals surface area contributed by atoms with Crippen LogP contribution in [0.3, 0.4) is 0 Å². The van der Waals surface area contributed by atoms with Gasteiger partial charge in [-0.05, 0) is 49.5 Å². The Morgan fingerprint density at radius 2 is 2.00 bits per heavy atom. The van der Waals surface area contributed by atoms with Crippen LogP contribution in [0.5, 0.6) is 5.75 Å². The van der Waals surface area contributed by atoms with Crippen molar-refractivity contribution in [3.8, 4) is 5.75 Å². The Hall–Kier alpha value is -2.51. The third-order valence-corrected chi connectivity index (χ3v) is 9.43. The second kappa shape index (κ2) is 9.42. The number of rotatable bonds is 5. The Bertz CT molecular complexity index is 1340. The fourth-order valence-corrected chi connectivity index (χ4v) is 7.40. The van der Waals surface area contributed by atoms with Gasteiger partial charge in [0.25, 0.3) is 0 Å². The van der Waals surface area contributed by atoms with Crippen LogP contribution in [0.2, 0.25) is 0 Å². The standard InChI is InChI=1S/C23H26F3N5O3S2/c1-14-9-19(30(2)29-14)20-10-15(23(24,25)26)5-7-31(20)18-6-8-34-21-11-16(3-4-17(18)21)36(32,33)12-22-27-13-28-35-22/h3-4,9,11,13,15,18,20H,5-8,10,12H2,1-2H3/t15-,18+,20+/m1/s1. The van der Waals surface area contributed by atoms with Gasteiger partial charge in [0.1, 0.15) is 22.8 Å². The van der Waals surface area contributed by atoms with E-state index in [1.165, 1.54) is 12.4 Å². The van der Waals surface area contributed by atoms with Crippen LogP contribution >= 0.6 is 11.5 Å². The maximum absolute atomic E-state index is 13.7. The lowest BCUT2D eigenvalue weighted by Gasteiger charge is -2.45. The lowest BCUT2D eigenvalue weighted by molar-refractivity contribution is -0.192. The van der Waals surface area contributed by atoms with Gasteiger partial charge >= 0.3 is 6.18 Å². The molecule has 4 heterocycles. The highest BCUT2D eigenvalue weighted by Gasteiger charge is 2.47. The Morgan fingerprint density at radius 3 is 2.67 bits per heavy atom. The number of likely N-dealkylation sites (tertiary alicyclic amines) is 1. The van der Waals surface area contributed by atoms with E-state index in [4.69, 9.17) is 4.74 Å². The van der Waals surface area contributed by atoms with Crippen molar-refractivity contribution in [3.63, 3.8) is 0 Å². The lowest BCUT2D eigenvalue weighted by atomic mass is 9.85. The van der Waals surface area contributed by atoms with Gasteiger partial charge < -0.3 is 4.74 Å². The van der Waals surface area contributed by atoms with Gasteiger partial charge in [-0.2, -0.15) is 22.6 Å². The topological polar surface area (TPSA) is 90.2 Å². The molecule has 8 nitrogen and oxygen atoms in total. The molecule has 0 bridgehead atoms. The summed E-state index contributed by atoms with van der Waals surface area (Å²) in [7, 11) is -1.91. The molecule has 0 amide bonds. The summed E-state index contributed by atoms with van der Waals surface area (Å²) in [5, 5.41) is 4.77. The number of halogens is 3. The highest BCUT2D eigenvalue weighted by atomic mass is 32.2. The minimum atomic E-state index is -4.26. The zero-order chi connectivity index (χ0) is 25.7. The first-order chi connectivity index (χ1) is 17.0. The minimum Gasteiger partial charge on any atom is -0.493 e. The SMILES string of the molecule is Cc1cc([C@@H]2C[C@H](C(F)(F)F)CCN2[C@H]2CCOc3cc(S(=O)(=O)Cc4ncns4)ccc32)n(C)n1. The van der Waals surface area contributed by atoms with E-state index in [1.807, 2.05) is 13.0 Å².